The highest BCUT2D eigenvalue weighted by molar-refractivity contribution is 6.32. The molecule has 9 heteroatoms. The van der Waals surface area contributed by atoms with E-state index in [0.29, 0.717) is 30.0 Å². The highest BCUT2D eigenvalue weighted by atomic mass is 35.5. The number of carbonyl (C=O) groups excluding carboxylic acids is 1. The van der Waals surface area contributed by atoms with Gasteiger partial charge in [-0.15, -0.1) is 5.10 Å². The van der Waals surface area contributed by atoms with Gasteiger partial charge in [-0.05, 0) is 53.1 Å². The third-order valence-electron chi connectivity index (χ3n) is 5.30. The van der Waals surface area contributed by atoms with E-state index in [0.717, 1.165) is 28.2 Å². The van der Waals surface area contributed by atoms with Crippen LogP contribution in [0.3, 0.4) is 0 Å². The van der Waals surface area contributed by atoms with E-state index in [4.69, 9.17) is 21.1 Å². The maximum Gasteiger partial charge on any atom is 0.274 e. The lowest BCUT2D eigenvalue weighted by Gasteiger charge is -2.07. The molecule has 1 heterocycles. The molecule has 0 saturated carbocycles. The van der Waals surface area contributed by atoms with Gasteiger partial charge in [-0.2, -0.15) is 9.67 Å². The van der Waals surface area contributed by atoms with Crippen molar-refractivity contribution in [1.82, 2.24) is 14.8 Å². The fourth-order valence-corrected chi connectivity index (χ4v) is 3.62. The van der Waals surface area contributed by atoms with Crippen molar-refractivity contribution in [2.24, 2.45) is 0 Å². The predicted octanol–water partition coefficient (Wildman–Crippen LogP) is 5.53. The molecular weight excluding hydrogens is 478 g/mol. The third kappa shape index (κ3) is 6.43. The van der Waals surface area contributed by atoms with Crippen molar-refractivity contribution in [3.8, 4) is 11.5 Å². The van der Waals surface area contributed by atoms with Gasteiger partial charge in [0.2, 0.25) is 11.9 Å². The number of benzene rings is 3. The molecule has 0 spiro atoms. The first kappa shape index (κ1) is 24.8. The smallest absolute Gasteiger partial charge is 0.274 e. The van der Waals surface area contributed by atoms with Crippen LogP contribution in [-0.2, 0) is 13.1 Å². The van der Waals surface area contributed by atoms with E-state index in [1.165, 1.54) is 10.8 Å². The van der Waals surface area contributed by atoms with Crippen LogP contribution >= 0.6 is 11.6 Å². The van der Waals surface area contributed by atoms with E-state index in [2.05, 4.69) is 20.7 Å². The minimum atomic E-state index is -0.370. The van der Waals surface area contributed by atoms with Crippen molar-refractivity contribution >= 4 is 35.5 Å². The number of carbonyl (C=O) groups is 1. The van der Waals surface area contributed by atoms with Gasteiger partial charge in [-0.3, -0.25) is 4.79 Å². The molecule has 0 aliphatic heterocycles. The zero-order valence-corrected chi connectivity index (χ0v) is 20.7. The lowest BCUT2D eigenvalue weighted by molar-refractivity contribution is 0.0957. The fraction of sp³-hybridized carbons (Fsp3) is 0.148. The normalized spacial score (nSPS) is 10.9. The van der Waals surface area contributed by atoms with E-state index in [9.17, 15) is 4.79 Å². The summed E-state index contributed by atoms with van der Waals surface area (Å²) >= 11 is 6.21. The second-order valence-corrected chi connectivity index (χ2v) is 8.18. The number of methoxy groups -OCH3 is 2. The SMILES string of the molecule is COc1cccc(CNc2nc(NCc3cccc(OC)c3)n(C(=O)/C=C/c3ccccc3Cl)n2)c1. The number of hydrogen-bond donors (Lipinski definition) is 2. The van der Waals surface area contributed by atoms with Gasteiger partial charge in [-0.1, -0.05) is 54.1 Å². The lowest BCUT2D eigenvalue weighted by atomic mass is 10.2. The number of nitrogens with zero attached hydrogens (tertiary/aromatic N) is 3. The van der Waals surface area contributed by atoms with Gasteiger partial charge in [0, 0.05) is 24.2 Å². The number of halogens is 1. The summed E-state index contributed by atoms with van der Waals surface area (Å²) in [6, 6.07) is 22.6. The maximum absolute atomic E-state index is 13.1. The Kier molecular flexibility index (Phi) is 8.20. The van der Waals surface area contributed by atoms with Crippen LogP contribution in [0.1, 0.15) is 21.5 Å². The average Bonchev–Trinajstić information content (AvgIpc) is 3.33. The summed E-state index contributed by atoms with van der Waals surface area (Å²) in [5, 5.41) is 11.3. The van der Waals surface area contributed by atoms with Crippen LogP contribution in [0.4, 0.5) is 11.9 Å². The molecule has 0 fully saturated rings. The van der Waals surface area contributed by atoms with Gasteiger partial charge in [0.25, 0.3) is 5.91 Å². The van der Waals surface area contributed by atoms with Gasteiger partial charge in [0.05, 0.1) is 14.2 Å². The minimum absolute atomic E-state index is 0.305. The number of rotatable bonds is 10. The second kappa shape index (κ2) is 11.9. The zero-order valence-electron chi connectivity index (χ0n) is 19.9. The molecule has 2 N–H and O–H groups in total. The van der Waals surface area contributed by atoms with E-state index in [1.807, 2.05) is 66.7 Å². The molecule has 0 unspecified atom stereocenters. The molecule has 0 radical (unpaired) electrons. The Balaban J connectivity index is 1.55. The summed E-state index contributed by atoms with van der Waals surface area (Å²) in [5.74, 6) is 1.75. The number of hydrogen-bond acceptors (Lipinski definition) is 7. The first-order valence-corrected chi connectivity index (χ1v) is 11.6. The van der Waals surface area contributed by atoms with Gasteiger partial charge in [0.15, 0.2) is 0 Å². The first-order chi connectivity index (χ1) is 17.6. The summed E-state index contributed by atoms with van der Waals surface area (Å²) in [6.45, 7) is 0.882. The number of anilines is 2. The molecule has 1 aromatic heterocycles. The van der Waals surface area contributed by atoms with Crippen molar-refractivity contribution < 1.29 is 14.3 Å². The lowest BCUT2D eigenvalue weighted by Crippen LogP contribution is -2.14. The maximum atomic E-state index is 13.1. The molecule has 0 aliphatic rings. The first-order valence-electron chi connectivity index (χ1n) is 11.2. The summed E-state index contributed by atoms with van der Waals surface area (Å²) in [4.78, 5) is 17.6. The Morgan fingerprint density at radius 2 is 1.56 bits per heavy atom. The molecular formula is C27H26ClN5O3. The summed E-state index contributed by atoms with van der Waals surface area (Å²) < 4.78 is 11.8. The molecule has 0 amide bonds. The highest BCUT2D eigenvalue weighted by Crippen LogP contribution is 2.19. The van der Waals surface area contributed by atoms with Gasteiger partial charge < -0.3 is 20.1 Å². The zero-order chi connectivity index (χ0) is 25.3. The van der Waals surface area contributed by atoms with Gasteiger partial charge >= 0.3 is 0 Å². The number of nitrogens with one attached hydrogen (secondary N) is 2. The van der Waals surface area contributed by atoms with E-state index < -0.39 is 0 Å². The molecule has 0 aliphatic carbocycles. The highest BCUT2D eigenvalue weighted by Gasteiger charge is 2.15. The largest absolute Gasteiger partial charge is 0.497 e. The number of aromatic nitrogens is 3. The van der Waals surface area contributed by atoms with Crippen LogP contribution < -0.4 is 20.1 Å². The van der Waals surface area contributed by atoms with Crippen LogP contribution in [0, 0.1) is 0 Å². The van der Waals surface area contributed by atoms with Crippen LogP contribution in [0.25, 0.3) is 6.08 Å². The predicted molar refractivity (Wildman–Crippen MR) is 142 cm³/mol. The number of allylic oxidation sites excluding steroid dienone is 1. The Morgan fingerprint density at radius 3 is 2.19 bits per heavy atom. The summed E-state index contributed by atoms with van der Waals surface area (Å²) in [5.41, 5.74) is 2.69. The van der Waals surface area contributed by atoms with Crippen molar-refractivity contribution in [1.29, 1.82) is 0 Å². The molecule has 0 saturated heterocycles. The quantitative estimate of drug-likeness (QED) is 0.275. The topological polar surface area (TPSA) is 90.3 Å². The Morgan fingerprint density at radius 1 is 0.917 bits per heavy atom. The summed E-state index contributed by atoms with van der Waals surface area (Å²) in [7, 11) is 3.24. The van der Waals surface area contributed by atoms with Crippen LogP contribution in [0.2, 0.25) is 5.02 Å². The van der Waals surface area contributed by atoms with Crippen LogP contribution in [-0.4, -0.2) is 34.9 Å². The van der Waals surface area contributed by atoms with Crippen molar-refractivity contribution in [2.75, 3.05) is 24.9 Å². The van der Waals surface area contributed by atoms with Crippen LogP contribution in [0.15, 0.2) is 78.9 Å². The standard InChI is InChI=1S/C27H26ClN5O3/c1-35-22-10-5-7-19(15-22)17-29-26-31-27(30-18-20-8-6-11-23(16-20)36-2)33(32-26)25(34)14-13-21-9-3-4-12-24(21)28/h3-16H,17-18H2,1-2H3,(H2,29,30,31,32)/b14-13+. The molecule has 0 atom stereocenters. The molecule has 8 nitrogen and oxygen atoms in total. The second-order valence-electron chi connectivity index (χ2n) is 7.77. The Bertz CT molecular complexity index is 1370. The van der Waals surface area contributed by atoms with Crippen molar-refractivity contribution in [2.45, 2.75) is 13.1 Å². The Labute approximate surface area is 214 Å². The molecule has 184 valence electrons. The van der Waals surface area contributed by atoms with E-state index in [1.54, 1.807) is 26.4 Å². The van der Waals surface area contributed by atoms with Crippen molar-refractivity contribution in [3.05, 3.63) is 101 Å². The Hall–Kier alpha value is -4.30. The molecule has 3 aromatic carbocycles. The summed E-state index contributed by atoms with van der Waals surface area (Å²) in [6.07, 6.45) is 3.07. The third-order valence-corrected chi connectivity index (χ3v) is 5.64. The fourth-order valence-electron chi connectivity index (χ4n) is 3.42. The van der Waals surface area contributed by atoms with Crippen LogP contribution in [0.5, 0.6) is 11.5 Å². The average molecular weight is 504 g/mol. The minimum Gasteiger partial charge on any atom is -0.497 e. The molecule has 36 heavy (non-hydrogen) atoms. The monoisotopic (exact) mass is 503 g/mol. The van der Waals surface area contributed by atoms with Crippen molar-refractivity contribution in [3.63, 3.8) is 0 Å². The molecule has 4 rings (SSSR count). The molecule has 4 aromatic rings. The van der Waals surface area contributed by atoms with Gasteiger partial charge in [0.1, 0.15) is 11.5 Å². The van der Waals surface area contributed by atoms with E-state index >= 15 is 0 Å². The van der Waals surface area contributed by atoms with Gasteiger partial charge in [-0.25, -0.2) is 0 Å². The van der Waals surface area contributed by atoms with E-state index in [-0.39, 0.29) is 5.91 Å². The molecule has 0 bridgehead atoms. The number of ether oxygens (including phenoxy) is 2.